The fourth-order valence-electron chi connectivity index (χ4n) is 1.19. The average molecular weight is 292 g/mol. The van der Waals surface area contributed by atoms with Crippen LogP contribution >= 0.6 is 27.7 Å². The summed E-state index contributed by atoms with van der Waals surface area (Å²) in [6, 6.07) is 4.76. The zero-order valence-electron chi connectivity index (χ0n) is 8.72. The van der Waals surface area contributed by atoms with Crippen LogP contribution in [-0.2, 0) is 6.54 Å². The highest BCUT2D eigenvalue weighted by atomic mass is 79.9. The summed E-state index contributed by atoms with van der Waals surface area (Å²) in [5.41, 5.74) is 0.969. The minimum atomic E-state index is -0.182. The molecule has 0 atom stereocenters. The number of rotatable bonds is 6. The van der Waals surface area contributed by atoms with E-state index < -0.39 is 0 Å². The van der Waals surface area contributed by atoms with Gasteiger partial charge < -0.3 is 5.32 Å². The van der Waals surface area contributed by atoms with E-state index in [9.17, 15) is 4.39 Å². The van der Waals surface area contributed by atoms with Crippen LogP contribution in [-0.4, -0.2) is 18.1 Å². The summed E-state index contributed by atoms with van der Waals surface area (Å²) in [4.78, 5) is 0. The fourth-order valence-corrected chi connectivity index (χ4v) is 2.15. The van der Waals surface area contributed by atoms with Crippen molar-refractivity contribution in [2.45, 2.75) is 13.5 Å². The van der Waals surface area contributed by atoms with Crippen molar-refractivity contribution in [3.63, 3.8) is 0 Å². The maximum Gasteiger partial charge on any atom is 0.123 e. The van der Waals surface area contributed by atoms with Crippen LogP contribution in [0.1, 0.15) is 12.5 Å². The molecule has 0 aliphatic rings. The highest BCUT2D eigenvalue weighted by Gasteiger charge is 2.00. The lowest BCUT2D eigenvalue weighted by atomic mass is 10.2. The van der Waals surface area contributed by atoms with E-state index >= 15 is 0 Å². The Morgan fingerprint density at radius 3 is 3.00 bits per heavy atom. The molecule has 4 heteroatoms. The van der Waals surface area contributed by atoms with Gasteiger partial charge in [-0.3, -0.25) is 0 Å². The number of hydrogen-bond donors (Lipinski definition) is 1. The summed E-state index contributed by atoms with van der Waals surface area (Å²) in [6.45, 7) is 3.82. The molecule has 0 saturated carbocycles. The second-order valence-corrected chi connectivity index (χ2v) is 5.36. The highest BCUT2D eigenvalue weighted by Crippen LogP contribution is 2.17. The molecule has 0 aliphatic heterocycles. The van der Waals surface area contributed by atoms with Gasteiger partial charge in [-0.15, -0.1) is 0 Å². The lowest BCUT2D eigenvalue weighted by Crippen LogP contribution is -2.17. The topological polar surface area (TPSA) is 12.0 Å². The van der Waals surface area contributed by atoms with E-state index in [4.69, 9.17) is 0 Å². The maximum atomic E-state index is 12.9. The molecule has 1 aromatic rings. The summed E-state index contributed by atoms with van der Waals surface area (Å²) in [5, 5.41) is 3.29. The van der Waals surface area contributed by atoms with Gasteiger partial charge in [0.1, 0.15) is 5.82 Å². The van der Waals surface area contributed by atoms with Crippen LogP contribution in [0.25, 0.3) is 0 Å². The van der Waals surface area contributed by atoms with Crippen molar-refractivity contribution >= 4 is 27.7 Å². The first kappa shape index (κ1) is 13.0. The first-order chi connectivity index (χ1) is 7.24. The van der Waals surface area contributed by atoms with Gasteiger partial charge in [0.15, 0.2) is 0 Å². The van der Waals surface area contributed by atoms with Crippen molar-refractivity contribution in [3.8, 4) is 0 Å². The smallest absolute Gasteiger partial charge is 0.123 e. The van der Waals surface area contributed by atoms with Gasteiger partial charge in [0, 0.05) is 23.3 Å². The lowest BCUT2D eigenvalue weighted by molar-refractivity contribution is 0.621. The Labute approximate surface area is 103 Å². The number of hydrogen-bond acceptors (Lipinski definition) is 2. The van der Waals surface area contributed by atoms with Crippen molar-refractivity contribution < 1.29 is 4.39 Å². The van der Waals surface area contributed by atoms with Crippen LogP contribution in [0.15, 0.2) is 22.7 Å². The Morgan fingerprint density at radius 1 is 1.47 bits per heavy atom. The molecular formula is C11H15BrFNS. The van der Waals surface area contributed by atoms with Crippen LogP contribution in [0.3, 0.4) is 0 Å². The van der Waals surface area contributed by atoms with E-state index in [0.29, 0.717) is 6.54 Å². The largest absolute Gasteiger partial charge is 0.312 e. The molecule has 0 unspecified atom stereocenters. The van der Waals surface area contributed by atoms with Gasteiger partial charge >= 0.3 is 0 Å². The maximum absolute atomic E-state index is 12.9. The second kappa shape index (κ2) is 7.25. The average Bonchev–Trinajstić information content (AvgIpc) is 2.23. The molecule has 84 valence electrons. The van der Waals surface area contributed by atoms with Gasteiger partial charge in [-0.05, 0) is 29.5 Å². The summed E-state index contributed by atoms with van der Waals surface area (Å²) in [6.07, 6.45) is 0. The van der Waals surface area contributed by atoms with Gasteiger partial charge in [-0.1, -0.05) is 22.9 Å². The molecule has 1 aromatic carbocycles. The van der Waals surface area contributed by atoms with Crippen molar-refractivity contribution in [1.82, 2.24) is 5.32 Å². The molecule has 0 saturated heterocycles. The fraction of sp³-hybridized carbons (Fsp3) is 0.455. The molecular weight excluding hydrogens is 277 g/mol. The van der Waals surface area contributed by atoms with E-state index in [-0.39, 0.29) is 5.82 Å². The second-order valence-electron chi connectivity index (χ2n) is 3.11. The molecule has 0 aromatic heterocycles. The van der Waals surface area contributed by atoms with E-state index in [1.807, 2.05) is 11.8 Å². The highest BCUT2D eigenvalue weighted by molar-refractivity contribution is 9.10. The van der Waals surface area contributed by atoms with E-state index in [1.54, 1.807) is 12.1 Å². The minimum Gasteiger partial charge on any atom is -0.312 e. The first-order valence-corrected chi connectivity index (χ1v) is 6.91. The van der Waals surface area contributed by atoms with Crippen molar-refractivity contribution in [2.75, 3.05) is 18.1 Å². The third-order valence-electron chi connectivity index (χ3n) is 1.95. The monoisotopic (exact) mass is 291 g/mol. The summed E-state index contributed by atoms with van der Waals surface area (Å²) in [7, 11) is 0. The number of halogens is 2. The quantitative estimate of drug-likeness (QED) is 0.806. The van der Waals surface area contributed by atoms with Gasteiger partial charge in [0.2, 0.25) is 0 Å². The van der Waals surface area contributed by atoms with Crippen LogP contribution in [0.4, 0.5) is 4.39 Å². The third-order valence-corrected chi connectivity index (χ3v) is 3.63. The summed E-state index contributed by atoms with van der Waals surface area (Å²) < 4.78 is 13.9. The van der Waals surface area contributed by atoms with Crippen molar-refractivity contribution in [1.29, 1.82) is 0 Å². The van der Waals surface area contributed by atoms with E-state index in [2.05, 4.69) is 28.2 Å². The number of nitrogens with one attached hydrogen (secondary N) is 1. The SMILES string of the molecule is CCSCCNCc1cc(F)ccc1Br. The normalized spacial score (nSPS) is 10.6. The van der Waals surface area contributed by atoms with Crippen LogP contribution in [0.5, 0.6) is 0 Å². The number of benzene rings is 1. The predicted molar refractivity (Wildman–Crippen MR) is 68.8 cm³/mol. The van der Waals surface area contributed by atoms with Crippen LogP contribution in [0.2, 0.25) is 0 Å². The molecule has 0 spiro atoms. The zero-order valence-corrected chi connectivity index (χ0v) is 11.1. The molecule has 0 aliphatic carbocycles. The molecule has 15 heavy (non-hydrogen) atoms. The Balaban J connectivity index is 2.33. The van der Waals surface area contributed by atoms with Crippen molar-refractivity contribution in [2.24, 2.45) is 0 Å². The minimum absolute atomic E-state index is 0.182. The molecule has 0 amide bonds. The molecule has 1 rings (SSSR count). The van der Waals surface area contributed by atoms with Gasteiger partial charge in [0.25, 0.3) is 0 Å². The summed E-state index contributed by atoms with van der Waals surface area (Å²) in [5.74, 6) is 2.06. The van der Waals surface area contributed by atoms with Gasteiger partial charge in [-0.25, -0.2) is 4.39 Å². The Morgan fingerprint density at radius 2 is 2.27 bits per heavy atom. The molecule has 0 fully saturated rings. The number of thioether (sulfide) groups is 1. The van der Waals surface area contributed by atoms with Crippen LogP contribution in [0, 0.1) is 5.82 Å². The predicted octanol–water partition coefficient (Wildman–Crippen LogP) is 3.43. The molecule has 1 nitrogen and oxygen atoms in total. The third kappa shape index (κ3) is 5.00. The first-order valence-electron chi connectivity index (χ1n) is 4.96. The van der Waals surface area contributed by atoms with E-state index in [0.717, 1.165) is 28.1 Å². The van der Waals surface area contributed by atoms with Gasteiger partial charge in [0.05, 0.1) is 0 Å². The Hall–Kier alpha value is -0.0600. The molecule has 0 radical (unpaired) electrons. The van der Waals surface area contributed by atoms with Crippen molar-refractivity contribution in [3.05, 3.63) is 34.1 Å². The van der Waals surface area contributed by atoms with E-state index in [1.165, 1.54) is 6.07 Å². The summed E-state index contributed by atoms with van der Waals surface area (Å²) >= 11 is 5.30. The Bertz CT molecular complexity index is 307. The van der Waals surface area contributed by atoms with Crippen LogP contribution < -0.4 is 5.32 Å². The molecule has 0 bridgehead atoms. The van der Waals surface area contributed by atoms with Gasteiger partial charge in [-0.2, -0.15) is 11.8 Å². The zero-order chi connectivity index (χ0) is 11.1. The molecule has 1 N–H and O–H groups in total. The molecule has 0 heterocycles. The standard InChI is InChI=1S/C11H15BrFNS/c1-2-15-6-5-14-8-9-7-10(13)3-4-11(9)12/h3-4,7,14H,2,5-6,8H2,1H3. The lowest BCUT2D eigenvalue weighted by Gasteiger charge is -2.06. The Kier molecular flexibility index (Phi) is 6.29.